The van der Waals surface area contributed by atoms with Crippen molar-refractivity contribution in [2.75, 3.05) is 26.4 Å². The molecular formula is C35H37N3O5S. The van der Waals surface area contributed by atoms with Gasteiger partial charge in [-0.1, -0.05) is 74.3 Å². The molecule has 2 heterocycles. The highest BCUT2D eigenvalue weighted by Crippen LogP contribution is 2.38. The predicted octanol–water partition coefficient (Wildman–Crippen LogP) is 7.81. The molecule has 3 aromatic rings. The molecule has 2 aliphatic rings. The fourth-order valence-corrected chi connectivity index (χ4v) is 5.63. The van der Waals surface area contributed by atoms with Gasteiger partial charge in [-0.2, -0.15) is 4.99 Å². The normalized spacial score (nSPS) is 15.1. The van der Waals surface area contributed by atoms with E-state index in [2.05, 4.69) is 11.9 Å². The predicted molar refractivity (Wildman–Crippen MR) is 177 cm³/mol. The van der Waals surface area contributed by atoms with Crippen LogP contribution < -0.4 is 18.9 Å². The first-order valence-electron chi connectivity index (χ1n) is 15.0. The molecule has 0 spiro atoms. The third-order valence-electron chi connectivity index (χ3n) is 6.96. The molecule has 0 unspecified atom stereocenters. The second-order valence-corrected chi connectivity index (χ2v) is 11.0. The first-order chi connectivity index (χ1) is 21.6. The number of benzene rings is 3. The Morgan fingerprint density at radius 2 is 1.55 bits per heavy atom. The Morgan fingerprint density at radius 1 is 0.818 bits per heavy atom. The molecule has 228 valence electrons. The van der Waals surface area contributed by atoms with Crippen LogP contribution in [0.4, 0.5) is 0 Å². The number of aliphatic imine (C=N–C) groups is 1. The van der Waals surface area contributed by atoms with Gasteiger partial charge in [0.15, 0.2) is 16.7 Å². The number of nitrogens with one attached hydrogen (secondary N) is 1. The maximum Gasteiger partial charge on any atom is 0.283 e. The SMILES string of the molecule is CCCCCCOc1ccc(OCCOc2ccc(C=C3C(=N)N4C(c5ccccc5)=CSC4=NC3=O)cc2OCC)cc1. The molecule has 9 heteroatoms. The summed E-state index contributed by atoms with van der Waals surface area (Å²) in [7, 11) is 0. The summed E-state index contributed by atoms with van der Waals surface area (Å²) in [6, 6.07) is 22.8. The second kappa shape index (κ2) is 15.3. The van der Waals surface area contributed by atoms with Crippen molar-refractivity contribution < 1.29 is 23.7 Å². The molecular weight excluding hydrogens is 574 g/mol. The monoisotopic (exact) mass is 611 g/mol. The van der Waals surface area contributed by atoms with E-state index in [1.807, 2.05) is 73.0 Å². The van der Waals surface area contributed by atoms with Gasteiger partial charge in [-0.25, -0.2) is 0 Å². The number of thioether (sulfide) groups is 1. The van der Waals surface area contributed by atoms with Gasteiger partial charge in [0.1, 0.15) is 30.5 Å². The molecule has 0 saturated carbocycles. The van der Waals surface area contributed by atoms with E-state index in [9.17, 15) is 4.79 Å². The van der Waals surface area contributed by atoms with Gasteiger partial charge >= 0.3 is 0 Å². The van der Waals surface area contributed by atoms with E-state index in [0.29, 0.717) is 42.1 Å². The average Bonchev–Trinajstić information content (AvgIpc) is 3.47. The highest BCUT2D eigenvalue weighted by molar-refractivity contribution is 8.17. The van der Waals surface area contributed by atoms with E-state index in [4.69, 9.17) is 24.4 Å². The van der Waals surface area contributed by atoms with E-state index in [0.717, 1.165) is 35.8 Å². The minimum atomic E-state index is -0.446. The van der Waals surface area contributed by atoms with E-state index in [1.54, 1.807) is 23.1 Å². The van der Waals surface area contributed by atoms with Crippen molar-refractivity contribution in [3.63, 3.8) is 0 Å². The number of nitrogens with zero attached hydrogens (tertiary/aromatic N) is 2. The Bertz CT molecular complexity index is 1550. The zero-order valence-corrected chi connectivity index (χ0v) is 25.9. The zero-order valence-electron chi connectivity index (χ0n) is 25.1. The van der Waals surface area contributed by atoms with Crippen LogP contribution in [-0.2, 0) is 4.79 Å². The maximum atomic E-state index is 12.9. The summed E-state index contributed by atoms with van der Waals surface area (Å²) in [5.74, 6) is 2.33. The van der Waals surface area contributed by atoms with Gasteiger partial charge in [0.25, 0.3) is 5.91 Å². The van der Waals surface area contributed by atoms with Crippen molar-refractivity contribution in [2.24, 2.45) is 4.99 Å². The molecule has 1 N–H and O–H groups in total. The lowest BCUT2D eigenvalue weighted by Gasteiger charge is -2.27. The van der Waals surface area contributed by atoms with E-state index >= 15 is 0 Å². The first kappa shape index (κ1) is 30.9. The molecule has 0 fully saturated rings. The number of hydrogen-bond acceptors (Lipinski definition) is 7. The van der Waals surface area contributed by atoms with Crippen molar-refractivity contribution in [3.8, 4) is 23.0 Å². The smallest absolute Gasteiger partial charge is 0.283 e. The highest BCUT2D eigenvalue weighted by Gasteiger charge is 2.36. The number of rotatable bonds is 15. The van der Waals surface area contributed by atoms with Crippen LogP contribution in [0.2, 0.25) is 0 Å². The summed E-state index contributed by atoms with van der Waals surface area (Å²) < 4.78 is 23.5. The molecule has 2 aliphatic heterocycles. The molecule has 1 amide bonds. The number of ether oxygens (including phenoxy) is 4. The van der Waals surface area contributed by atoms with Crippen LogP contribution in [0.5, 0.6) is 23.0 Å². The van der Waals surface area contributed by atoms with Gasteiger partial charge in [-0.05, 0) is 66.9 Å². The number of amides is 1. The summed E-state index contributed by atoms with van der Waals surface area (Å²) in [4.78, 5) is 18.9. The standard InChI is InChI=1S/C35H37N3O5S/c1-3-5-6-10-19-41-27-14-16-28(17-15-27)42-20-21-43-31-18-13-25(23-32(31)40-4-2)22-29-33(36)38-30(26-11-8-7-9-12-26)24-44-35(38)37-34(29)39/h7-9,11-18,22-24,36H,3-6,10,19-21H2,1-2H3. The van der Waals surface area contributed by atoms with Crippen LogP contribution in [0.25, 0.3) is 11.8 Å². The Kier molecular flexibility index (Phi) is 10.8. The third-order valence-corrected chi connectivity index (χ3v) is 7.79. The maximum absolute atomic E-state index is 12.9. The lowest BCUT2D eigenvalue weighted by molar-refractivity contribution is -0.114. The first-order valence-corrected chi connectivity index (χ1v) is 15.9. The van der Waals surface area contributed by atoms with E-state index < -0.39 is 5.91 Å². The highest BCUT2D eigenvalue weighted by atomic mass is 32.2. The van der Waals surface area contributed by atoms with Gasteiger partial charge in [-0.3, -0.25) is 15.1 Å². The number of carbonyl (C=O) groups excluding carboxylic acids is 1. The van der Waals surface area contributed by atoms with Crippen LogP contribution in [0.15, 0.2) is 88.8 Å². The fourth-order valence-electron chi connectivity index (χ4n) is 4.75. The number of hydrogen-bond donors (Lipinski definition) is 1. The number of carbonyl (C=O) groups is 1. The summed E-state index contributed by atoms with van der Waals surface area (Å²) in [5.41, 5.74) is 2.68. The minimum absolute atomic E-state index is 0.0853. The van der Waals surface area contributed by atoms with Crippen molar-refractivity contribution >= 4 is 40.4 Å². The van der Waals surface area contributed by atoms with Gasteiger partial charge in [-0.15, -0.1) is 0 Å². The van der Waals surface area contributed by atoms with Crippen LogP contribution in [0.1, 0.15) is 50.7 Å². The van der Waals surface area contributed by atoms with E-state index in [-0.39, 0.29) is 11.4 Å². The van der Waals surface area contributed by atoms with E-state index in [1.165, 1.54) is 31.0 Å². The van der Waals surface area contributed by atoms with Gasteiger partial charge < -0.3 is 18.9 Å². The molecule has 0 aromatic heterocycles. The van der Waals surface area contributed by atoms with Crippen LogP contribution in [0.3, 0.4) is 0 Å². The van der Waals surface area contributed by atoms with Gasteiger partial charge in [0.2, 0.25) is 0 Å². The summed E-state index contributed by atoms with van der Waals surface area (Å²) in [6.45, 7) is 5.94. The fraction of sp³-hybridized carbons (Fsp3) is 0.286. The van der Waals surface area contributed by atoms with Crippen LogP contribution in [-0.4, -0.2) is 48.2 Å². The molecule has 0 radical (unpaired) electrons. The molecule has 0 saturated heterocycles. The lowest BCUT2D eigenvalue weighted by atomic mass is 10.1. The van der Waals surface area contributed by atoms with Crippen molar-refractivity contribution in [2.45, 2.75) is 39.5 Å². The van der Waals surface area contributed by atoms with Gasteiger partial charge in [0, 0.05) is 5.41 Å². The van der Waals surface area contributed by atoms with Crippen molar-refractivity contribution in [3.05, 3.63) is 94.9 Å². The van der Waals surface area contributed by atoms with Crippen LogP contribution >= 0.6 is 11.8 Å². The molecule has 5 rings (SSSR count). The Hall–Kier alpha value is -4.50. The number of fused-ring (bicyclic) bond motifs is 1. The summed E-state index contributed by atoms with van der Waals surface area (Å²) in [6.07, 6.45) is 6.37. The molecule has 44 heavy (non-hydrogen) atoms. The summed E-state index contributed by atoms with van der Waals surface area (Å²) in [5, 5.41) is 11.3. The largest absolute Gasteiger partial charge is 0.494 e. The molecule has 3 aromatic carbocycles. The van der Waals surface area contributed by atoms with Crippen LogP contribution in [0, 0.1) is 5.41 Å². The van der Waals surface area contributed by atoms with Gasteiger partial charge in [0.05, 0.1) is 24.5 Å². The number of amidine groups is 2. The average molecular weight is 612 g/mol. The minimum Gasteiger partial charge on any atom is -0.494 e. The summed E-state index contributed by atoms with van der Waals surface area (Å²) >= 11 is 1.34. The van der Waals surface area contributed by atoms with Crippen molar-refractivity contribution in [1.29, 1.82) is 5.41 Å². The molecule has 0 bridgehead atoms. The second-order valence-electron chi connectivity index (χ2n) is 10.1. The quantitative estimate of drug-likeness (QED) is 0.138. The van der Waals surface area contributed by atoms with Crippen molar-refractivity contribution in [1.82, 2.24) is 4.90 Å². The molecule has 8 nitrogen and oxygen atoms in total. The molecule has 0 aliphatic carbocycles. The lowest BCUT2D eigenvalue weighted by Crippen LogP contribution is -2.38. The number of unbranched alkanes of at least 4 members (excludes halogenated alkanes) is 3. The Labute approximate surface area is 262 Å². The zero-order chi connectivity index (χ0) is 30.7. The Morgan fingerprint density at radius 3 is 2.27 bits per heavy atom. The third kappa shape index (κ3) is 7.71. The Balaban J connectivity index is 1.19. The molecule has 0 atom stereocenters. The topological polar surface area (TPSA) is 93.4 Å².